The molecule has 3 aliphatic heterocycles. The summed E-state index contributed by atoms with van der Waals surface area (Å²) in [5, 5.41) is 25.3. The van der Waals surface area contributed by atoms with E-state index in [-0.39, 0.29) is 34.0 Å². The third-order valence-electron chi connectivity index (χ3n) is 7.39. The van der Waals surface area contributed by atoms with Crippen molar-refractivity contribution in [2.45, 2.75) is 11.4 Å². The summed E-state index contributed by atoms with van der Waals surface area (Å²) in [5.41, 5.74) is 5.19. The van der Waals surface area contributed by atoms with Gasteiger partial charge in [-0.05, 0) is 0 Å². The number of piperazine rings is 1. The molecule has 0 radical (unpaired) electrons. The van der Waals surface area contributed by atoms with Crippen molar-refractivity contribution in [2.75, 3.05) is 58.4 Å². The molecule has 2 fully saturated rings. The Morgan fingerprint density at radius 3 is 2.63 bits per heavy atom. The Balaban J connectivity index is 1.26. The third-order valence-corrected chi connectivity index (χ3v) is 9.27. The zero-order valence-electron chi connectivity index (χ0n) is 23.0. The van der Waals surface area contributed by atoms with Crippen LogP contribution in [0.1, 0.15) is 16.3 Å². The first kappa shape index (κ1) is 30.0. The van der Waals surface area contributed by atoms with E-state index in [1.165, 1.54) is 23.8 Å². The highest BCUT2D eigenvalue weighted by atomic mass is 32.2. The van der Waals surface area contributed by atoms with Crippen LogP contribution in [0.25, 0.3) is 0 Å². The number of rotatable bonds is 8. The van der Waals surface area contributed by atoms with E-state index in [2.05, 4.69) is 24.8 Å². The lowest BCUT2D eigenvalue weighted by Gasteiger charge is -2.50. The van der Waals surface area contributed by atoms with Gasteiger partial charge in [-0.2, -0.15) is 9.36 Å². The molecule has 2 atom stereocenters. The number of hydrogen-bond acceptors (Lipinski definition) is 13. The van der Waals surface area contributed by atoms with Crippen molar-refractivity contribution < 1.29 is 38.7 Å². The van der Waals surface area contributed by atoms with Crippen molar-refractivity contribution in [1.82, 2.24) is 29.5 Å². The predicted molar refractivity (Wildman–Crippen MR) is 153 cm³/mol. The van der Waals surface area contributed by atoms with Gasteiger partial charge in [0.05, 0.1) is 33.2 Å². The SMILES string of the molecule is CON=C(C(=O)N[C@@H]1C(=O)N2C(C(=O)O)=C(C[N+]3(C)CCN(C(=O)c4cc(=O)c(O)c[nH]4)CC3)CS[C@H]12)c1nsc(N)n1. The number of fused-ring (bicyclic) bond motifs is 1. The van der Waals surface area contributed by atoms with E-state index < -0.39 is 40.4 Å². The predicted octanol–water partition coefficient (Wildman–Crippen LogP) is -1.79. The summed E-state index contributed by atoms with van der Waals surface area (Å²) in [6.45, 7) is 2.04. The number of amides is 3. The number of aromatic hydroxyl groups is 1. The number of anilines is 1. The van der Waals surface area contributed by atoms with Gasteiger partial charge in [0.1, 0.15) is 36.5 Å². The lowest BCUT2D eigenvalue weighted by molar-refractivity contribution is -0.908. The molecule has 2 aromatic heterocycles. The summed E-state index contributed by atoms with van der Waals surface area (Å²) < 4.78 is 4.38. The van der Waals surface area contributed by atoms with Crippen molar-refractivity contribution in [2.24, 2.45) is 5.16 Å². The van der Waals surface area contributed by atoms with Crippen LogP contribution < -0.4 is 16.5 Å². The minimum atomic E-state index is -1.25. The smallest absolute Gasteiger partial charge is 0.352 e. The molecular formula is C24H28N9O8S2+. The number of nitrogens with zero attached hydrogens (tertiary/aromatic N) is 6. The van der Waals surface area contributed by atoms with Gasteiger partial charge in [-0.1, -0.05) is 5.16 Å². The average molecular weight is 635 g/mol. The molecule has 3 amide bonds. The minimum Gasteiger partial charge on any atom is -0.503 e. The Morgan fingerprint density at radius 2 is 2.02 bits per heavy atom. The third kappa shape index (κ3) is 5.77. The molecular weight excluding hydrogens is 606 g/mol. The van der Waals surface area contributed by atoms with Crippen molar-refractivity contribution >= 4 is 57.8 Å². The number of carbonyl (C=O) groups is 4. The first-order chi connectivity index (χ1) is 20.4. The summed E-state index contributed by atoms with van der Waals surface area (Å²) in [6.07, 6.45) is 1.07. The monoisotopic (exact) mass is 634 g/mol. The number of aromatic amines is 1. The molecule has 0 bridgehead atoms. The number of aromatic nitrogens is 3. The van der Waals surface area contributed by atoms with Crippen LogP contribution in [0, 0.1) is 0 Å². The molecule has 228 valence electrons. The maximum Gasteiger partial charge on any atom is 0.352 e. The number of quaternary nitrogens is 1. The number of nitrogens with two attached hydrogens (primary N) is 1. The van der Waals surface area contributed by atoms with Gasteiger partial charge >= 0.3 is 5.97 Å². The Morgan fingerprint density at radius 1 is 1.30 bits per heavy atom. The summed E-state index contributed by atoms with van der Waals surface area (Å²) in [7, 11) is 3.19. The van der Waals surface area contributed by atoms with E-state index in [1.807, 2.05) is 7.05 Å². The van der Waals surface area contributed by atoms with Crippen LogP contribution in [0.2, 0.25) is 0 Å². The molecule has 0 saturated carbocycles. The van der Waals surface area contributed by atoms with Crippen molar-refractivity contribution in [1.29, 1.82) is 0 Å². The Kier molecular flexibility index (Phi) is 8.12. The van der Waals surface area contributed by atoms with Crippen molar-refractivity contribution in [3.63, 3.8) is 0 Å². The van der Waals surface area contributed by atoms with Crippen molar-refractivity contribution in [3.8, 4) is 5.75 Å². The fourth-order valence-corrected chi connectivity index (χ4v) is 6.92. The number of carbonyl (C=O) groups excluding carboxylic acids is 3. The molecule has 0 unspecified atom stereocenters. The number of oxime groups is 1. The van der Waals surface area contributed by atoms with Gasteiger partial charge in [-0.3, -0.25) is 24.1 Å². The minimum absolute atomic E-state index is 0.0645. The molecule has 43 heavy (non-hydrogen) atoms. The van der Waals surface area contributed by atoms with Crippen LogP contribution in [0.5, 0.6) is 5.75 Å². The second kappa shape index (κ2) is 11.7. The number of thioether (sulfide) groups is 1. The Bertz CT molecular complexity index is 1610. The number of aliphatic carboxylic acids is 1. The summed E-state index contributed by atoms with van der Waals surface area (Å²) >= 11 is 2.19. The molecule has 2 saturated heterocycles. The number of likely N-dealkylation sites (N-methyl/N-ethyl adjacent to an activating group) is 1. The largest absolute Gasteiger partial charge is 0.503 e. The number of H-pyrrole nitrogens is 1. The zero-order valence-corrected chi connectivity index (χ0v) is 24.6. The highest BCUT2D eigenvalue weighted by molar-refractivity contribution is 8.00. The van der Waals surface area contributed by atoms with E-state index in [9.17, 15) is 34.2 Å². The summed E-state index contributed by atoms with van der Waals surface area (Å²) in [4.78, 5) is 77.2. The number of hydrogen-bond donors (Lipinski definition) is 5. The first-order valence-corrected chi connectivity index (χ1v) is 14.7. The normalized spacial score (nSPS) is 21.6. The van der Waals surface area contributed by atoms with Crippen LogP contribution in [0.4, 0.5) is 5.13 Å². The first-order valence-electron chi connectivity index (χ1n) is 12.9. The average Bonchev–Trinajstić information content (AvgIpc) is 3.41. The molecule has 0 aliphatic carbocycles. The van der Waals surface area contributed by atoms with Gasteiger partial charge in [0, 0.05) is 35.1 Å². The molecule has 5 heterocycles. The zero-order chi connectivity index (χ0) is 31.1. The van der Waals surface area contributed by atoms with Crippen LogP contribution in [-0.4, -0.2) is 132 Å². The van der Waals surface area contributed by atoms with Crippen LogP contribution in [0.15, 0.2) is 33.5 Å². The fraction of sp³-hybridized carbons (Fsp3) is 0.417. The Labute approximate surface area is 251 Å². The van der Waals surface area contributed by atoms with E-state index in [0.717, 1.165) is 23.8 Å². The quantitative estimate of drug-likeness (QED) is 0.0937. The number of carboxylic acids is 1. The number of carboxylic acid groups (broad SMARTS) is 1. The van der Waals surface area contributed by atoms with Gasteiger partial charge in [-0.15, -0.1) is 11.8 Å². The molecule has 0 aromatic carbocycles. The molecule has 3 aliphatic rings. The lowest BCUT2D eigenvalue weighted by atomic mass is 10.0. The van der Waals surface area contributed by atoms with E-state index in [1.54, 1.807) is 4.90 Å². The van der Waals surface area contributed by atoms with Gasteiger partial charge in [-0.25, -0.2) is 4.79 Å². The van der Waals surface area contributed by atoms with Gasteiger partial charge in [0.15, 0.2) is 10.9 Å². The Hall–Kier alpha value is -4.49. The highest BCUT2D eigenvalue weighted by Crippen LogP contribution is 2.41. The maximum absolute atomic E-state index is 13.2. The molecule has 5 rings (SSSR count). The van der Waals surface area contributed by atoms with E-state index in [4.69, 9.17) is 10.6 Å². The fourth-order valence-electron chi connectivity index (χ4n) is 5.15. The summed E-state index contributed by atoms with van der Waals surface area (Å²) in [6, 6.07) is 0.0496. The molecule has 6 N–H and O–H groups in total. The van der Waals surface area contributed by atoms with E-state index >= 15 is 0 Å². The van der Waals surface area contributed by atoms with Gasteiger partial charge in [0.25, 0.3) is 17.7 Å². The van der Waals surface area contributed by atoms with E-state index in [0.29, 0.717) is 48.5 Å². The molecule has 17 nitrogen and oxygen atoms in total. The lowest BCUT2D eigenvalue weighted by Crippen LogP contribution is -2.71. The van der Waals surface area contributed by atoms with Crippen LogP contribution >= 0.6 is 23.3 Å². The topological polar surface area (TPSA) is 234 Å². The second-order valence-electron chi connectivity index (χ2n) is 10.3. The number of nitrogen functional groups attached to an aromatic ring is 1. The van der Waals surface area contributed by atoms with Crippen LogP contribution in [-0.2, 0) is 19.2 Å². The van der Waals surface area contributed by atoms with Crippen molar-refractivity contribution in [3.05, 3.63) is 45.3 Å². The molecule has 19 heteroatoms. The van der Waals surface area contributed by atoms with Gasteiger partial charge in [0.2, 0.25) is 17.0 Å². The standard InChI is InChI=1S/C24H27N9O8S2/c1-33(5-3-31(4-6-33)20(37)12-7-13(34)14(35)8-26-12)9-11-10-42-22-16(21(38)32(22)17(11)23(39)40)27-19(36)15(29-41-2)18-28-24(25)43-30-18/h7-8,16,22H,3-6,9-10H2,1-2H3,(H5-,25,26,27,28,29,30,34,35,36,37,39,40)/p+1/t16-,22-/m1/s1. The maximum atomic E-state index is 13.2. The number of nitrogens with one attached hydrogen (secondary N) is 2. The molecule has 2 aromatic rings. The van der Waals surface area contributed by atoms with Gasteiger partial charge < -0.3 is 40.5 Å². The second-order valence-corrected chi connectivity index (χ2v) is 12.2. The summed E-state index contributed by atoms with van der Waals surface area (Å²) in [5.74, 6) is -3.21. The highest BCUT2D eigenvalue weighted by Gasteiger charge is 2.55. The number of β-lactam (4-membered cyclic amide) rings is 1. The number of pyridine rings is 1. The molecule has 0 spiro atoms. The van der Waals surface area contributed by atoms with Crippen LogP contribution in [0.3, 0.4) is 0 Å².